The fourth-order valence-electron chi connectivity index (χ4n) is 0.516. The normalized spacial score (nSPS) is 8.20. The second-order valence-electron chi connectivity index (χ2n) is 1.82. The molecule has 0 fully saturated rings. The van der Waals surface area contributed by atoms with Gasteiger partial charge in [-0.3, -0.25) is 4.79 Å². The van der Waals surface area contributed by atoms with E-state index >= 15 is 0 Å². The van der Waals surface area contributed by atoms with E-state index in [2.05, 4.69) is 4.74 Å². The van der Waals surface area contributed by atoms with Crippen molar-refractivity contribution in [3.05, 3.63) is 0 Å². The fraction of sp³-hybridized carbons (Fsp3) is 0.833. The fourth-order valence-corrected chi connectivity index (χ4v) is 0.516. The molecule has 0 saturated heterocycles. The Morgan fingerprint density at radius 3 is 2.50 bits per heavy atom. The van der Waals surface area contributed by atoms with Crippen molar-refractivity contribution in [3.63, 3.8) is 0 Å². The first-order valence-corrected chi connectivity index (χ1v) is 3.08. The second-order valence-corrected chi connectivity index (χ2v) is 1.82. The predicted molar refractivity (Wildman–Crippen MR) is 42.2 cm³/mol. The summed E-state index contributed by atoms with van der Waals surface area (Å²) in [5.41, 5.74) is 5.20. The summed E-state index contributed by atoms with van der Waals surface area (Å²) in [5.74, 6) is -0.150. The molecule has 0 aliphatic heterocycles. The van der Waals surface area contributed by atoms with Gasteiger partial charge in [-0.15, -0.1) is 12.4 Å². The largest absolute Gasteiger partial charge is 0.469 e. The molecule has 0 bridgehead atoms. The standard InChI is InChI=1S/C6H13NO2.ClH/c1-9-6(8)4-2-3-5-7;/h2-5,7H2,1H3;1H. The molecule has 0 aromatic carbocycles. The number of carbonyl (C=O) groups is 1. The molecule has 0 aliphatic rings. The van der Waals surface area contributed by atoms with E-state index in [-0.39, 0.29) is 18.4 Å². The molecule has 0 heterocycles. The lowest BCUT2D eigenvalue weighted by Gasteiger charge is -1.95. The molecule has 62 valence electrons. The lowest BCUT2D eigenvalue weighted by molar-refractivity contribution is -0.140. The quantitative estimate of drug-likeness (QED) is 0.496. The maximum atomic E-state index is 10.4. The highest BCUT2D eigenvalue weighted by atomic mass is 35.5. The minimum atomic E-state index is -0.150. The Morgan fingerprint density at radius 1 is 1.50 bits per heavy atom. The molecule has 0 aliphatic carbocycles. The first kappa shape index (κ1) is 12.4. The second kappa shape index (κ2) is 8.72. The van der Waals surface area contributed by atoms with Gasteiger partial charge in [-0.1, -0.05) is 0 Å². The zero-order chi connectivity index (χ0) is 7.11. The Balaban J connectivity index is 0. The molecular formula is C6H14ClNO2. The Morgan fingerprint density at radius 2 is 2.10 bits per heavy atom. The van der Waals surface area contributed by atoms with Crippen molar-refractivity contribution in [1.82, 2.24) is 0 Å². The molecule has 3 nitrogen and oxygen atoms in total. The Hall–Kier alpha value is -0.280. The van der Waals surface area contributed by atoms with Crippen LogP contribution in [0.25, 0.3) is 0 Å². The van der Waals surface area contributed by atoms with Gasteiger partial charge in [0.05, 0.1) is 7.11 Å². The van der Waals surface area contributed by atoms with Crippen molar-refractivity contribution in [2.45, 2.75) is 19.3 Å². The molecule has 0 spiro atoms. The summed E-state index contributed by atoms with van der Waals surface area (Å²) in [6.45, 7) is 0.650. The first-order chi connectivity index (χ1) is 4.31. The molecule has 0 saturated carbocycles. The van der Waals surface area contributed by atoms with E-state index in [0.29, 0.717) is 13.0 Å². The highest BCUT2D eigenvalue weighted by Gasteiger charge is 1.96. The molecule has 0 unspecified atom stereocenters. The van der Waals surface area contributed by atoms with Crippen LogP contribution in [0.4, 0.5) is 0 Å². The van der Waals surface area contributed by atoms with Gasteiger partial charge in [0, 0.05) is 6.42 Å². The summed E-state index contributed by atoms with van der Waals surface area (Å²) in [5, 5.41) is 0. The van der Waals surface area contributed by atoms with Crippen LogP contribution in [0.5, 0.6) is 0 Å². The van der Waals surface area contributed by atoms with Crippen LogP contribution in [-0.2, 0) is 9.53 Å². The SMILES string of the molecule is COC(=O)CCCCN.Cl. The van der Waals surface area contributed by atoms with E-state index in [0.717, 1.165) is 12.8 Å². The van der Waals surface area contributed by atoms with Crippen LogP contribution in [0, 0.1) is 0 Å². The highest BCUT2D eigenvalue weighted by molar-refractivity contribution is 5.85. The summed E-state index contributed by atoms with van der Waals surface area (Å²) in [6, 6.07) is 0. The summed E-state index contributed by atoms with van der Waals surface area (Å²) >= 11 is 0. The van der Waals surface area contributed by atoms with Gasteiger partial charge in [-0.05, 0) is 19.4 Å². The van der Waals surface area contributed by atoms with E-state index < -0.39 is 0 Å². The van der Waals surface area contributed by atoms with E-state index in [1.165, 1.54) is 7.11 Å². The molecule has 4 heteroatoms. The molecule has 10 heavy (non-hydrogen) atoms. The van der Waals surface area contributed by atoms with Crippen molar-refractivity contribution in [3.8, 4) is 0 Å². The third-order valence-electron chi connectivity index (χ3n) is 1.06. The van der Waals surface area contributed by atoms with Gasteiger partial charge in [0.25, 0.3) is 0 Å². The molecule has 0 aromatic heterocycles. The highest BCUT2D eigenvalue weighted by Crippen LogP contribution is 1.93. The Labute approximate surface area is 67.3 Å². The maximum Gasteiger partial charge on any atom is 0.305 e. The third kappa shape index (κ3) is 7.72. The molecule has 0 amide bonds. The Kier molecular flexibility index (Phi) is 10.8. The van der Waals surface area contributed by atoms with Gasteiger partial charge < -0.3 is 10.5 Å². The van der Waals surface area contributed by atoms with Gasteiger partial charge in [0.15, 0.2) is 0 Å². The van der Waals surface area contributed by atoms with Gasteiger partial charge >= 0.3 is 5.97 Å². The minimum Gasteiger partial charge on any atom is -0.469 e. The van der Waals surface area contributed by atoms with Crippen LogP contribution < -0.4 is 5.73 Å². The predicted octanol–water partition coefficient (Wildman–Crippen LogP) is 0.710. The number of esters is 1. The minimum absolute atomic E-state index is 0. The number of nitrogens with two attached hydrogens (primary N) is 1. The number of hydrogen-bond donors (Lipinski definition) is 1. The van der Waals surface area contributed by atoms with Crippen molar-refractivity contribution < 1.29 is 9.53 Å². The molecule has 2 N–H and O–H groups in total. The number of ether oxygens (including phenoxy) is 1. The maximum absolute atomic E-state index is 10.4. The van der Waals surface area contributed by atoms with Crippen LogP contribution in [0.2, 0.25) is 0 Å². The zero-order valence-corrected chi connectivity index (χ0v) is 6.95. The number of hydrogen-bond acceptors (Lipinski definition) is 3. The van der Waals surface area contributed by atoms with E-state index in [9.17, 15) is 4.79 Å². The first-order valence-electron chi connectivity index (χ1n) is 3.08. The molecule has 0 rings (SSSR count). The average Bonchev–Trinajstić information content (AvgIpc) is 1.89. The van der Waals surface area contributed by atoms with E-state index in [1.807, 2.05) is 0 Å². The van der Waals surface area contributed by atoms with Crippen LogP contribution in [0.1, 0.15) is 19.3 Å². The molecule has 0 atom stereocenters. The van der Waals surface area contributed by atoms with Crippen LogP contribution in [0.3, 0.4) is 0 Å². The van der Waals surface area contributed by atoms with E-state index in [4.69, 9.17) is 5.73 Å². The zero-order valence-electron chi connectivity index (χ0n) is 6.13. The molecule has 0 aromatic rings. The number of rotatable bonds is 4. The van der Waals surface area contributed by atoms with Crippen molar-refractivity contribution in [2.75, 3.05) is 13.7 Å². The number of halogens is 1. The van der Waals surface area contributed by atoms with Gasteiger partial charge in [0.2, 0.25) is 0 Å². The van der Waals surface area contributed by atoms with E-state index in [1.54, 1.807) is 0 Å². The summed E-state index contributed by atoms with van der Waals surface area (Å²) < 4.78 is 4.42. The third-order valence-corrected chi connectivity index (χ3v) is 1.06. The summed E-state index contributed by atoms with van der Waals surface area (Å²) in [7, 11) is 1.39. The average molecular weight is 168 g/mol. The van der Waals surface area contributed by atoms with Gasteiger partial charge in [-0.2, -0.15) is 0 Å². The lowest BCUT2D eigenvalue weighted by atomic mass is 10.2. The molecule has 0 radical (unpaired) electrons. The van der Waals surface area contributed by atoms with Crippen LogP contribution in [0.15, 0.2) is 0 Å². The number of carbonyl (C=O) groups excluding carboxylic acids is 1. The smallest absolute Gasteiger partial charge is 0.305 e. The lowest BCUT2D eigenvalue weighted by Crippen LogP contribution is -2.03. The molecular weight excluding hydrogens is 154 g/mol. The summed E-state index contributed by atoms with van der Waals surface area (Å²) in [4.78, 5) is 10.4. The van der Waals surface area contributed by atoms with Crippen molar-refractivity contribution in [1.29, 1.82) is 0 Å². The Bertz CT molecular complexity index is 87.8. The monoisotopic (exact) mass is 167 g/mol. The van der Waals surface area contributed by atoms with Gasteiger partial charge in [0.1, 0.15) is 0 Å². The van der Waals surface area contributed by atoms with Gasteiger partial charge in [-0.25, -0.2) is 0 Å². The van der Waals surface area contributed by atoms with Crippen molar-refractivity contribution in [2.24, 2.45) is 5.73 Å². The number of methoxy groups -OCH3 is 1. The topological polar surface area (TPSA) is 52.3 Å². The van der Waals surface area contributed by atoms with Crippen LogP contribution in [-0.4, -0.2) is 19.6 Å². The number of unbranched alkanes of at least 4 members (excludes halogenated alkanes) is 1. The summed E-state index contributed by atoms with van der Waals surface area (Å²) in [6.07, 6.45) is 2.23. The van der Waals surface area contributed by atoms with Crippen LogP contribution >= 0.6 is 12.4 Å². The van der Waals surface area contributed by atoms with Crippen molar-refractivity contribution >= 4 is 18.4 Å².